The molecule has 1 aliphatic rings. The molecule has 9 nitrogen and oxygen atoms in total. The number of hydrogen-bond acceptors (Lipinski definition) is 9. The molecule has 0 saturated carbocycles. The Kier molecular flexibility index (Phi) is 4.61. The second kappa shape index (κ2) is 6.10. The SMILES string of the molecule is O=c1cc(CO)oc([C@H]2O[C@H](CO)[C@@H](O)[C@H](O)[C@H]2O)c1O. The maximum absolute atomic E-state index is 11.5. The Hall–Kier alpha value is -1.49. The first-order valence-electron chi connectivity index (χ1n) is 6.18. The molecule has 9 heteroatoms. The summed E-state index contributed by atoms with van der Waals surface area (Å²) in [5.41, 5.74) is -0.864. The third-order valence-electron chi connectivity index (χ3n) is 3.31. The Morgan fingerprint density at radius 2 is 1.76 bits per heavy atom. The lowest BCUT2D eigenvalue weighted by Gasteiger charge is -2.39. The van der Waals surface area contributed by atoms with Gasteiger partial charge in [0.05, 0.1) is 6.61 Å². The number of aromatic hydroxyl groups is 1. The summed E-state index contributed by atoms with van der Waals surface area (Å²) in [4.78, 5) is 11.5. The minimum atomic E-state index is -1.70. The lowest BCUT2D eigenvalue weighted by molar-refractivity contribution is -0.236. The van der Waals surface area contributed by atoms with E-state index in [-0.39, 0.29) is 5.76 Å². The normalized spacial score (nSPS) is 33.1. The van der Waals surface area contributed by atoms with Gasteiger partial charge in [-0.15, -0.1) is 0 Å². The molecule has 1 aromatic rings. The smallest absolute Gasteiger partial charge is 0.227 e. The molecule has 1 aliphatic heterocycles. The molecule has 5 atom stereocenters. The van der Waals surface area contributed by atoms with Crippen LogP contribution in [0.15, 0.2) is 15.3 Å². The van der Waals surface area contributed by atoms with E-state index in [1.807, 2.05) is 0 Å². The van der Waals surface area contributed by atoms with Gasteiger partial charge in [0.2, 0.25) is 11.2 Å². The molecular formula is C12H16O9. The summed E-state index contributed by atoms with van der Waals surface area (Å²) in [5.74, 6) is -1.52. The zero-order valence-corrected chi connectivity index (χ0v) is 10.8. The maximum Gasteiger partial charge on any atom is 0.227 e. The van der Waals surface area contributed by atoms with E-state index in [9.17, 15) is 25.2 Å². The highest BCUT2D eigenvalue weighted by molar-refractivity contribution is 5.28. The lowest BCUT2D eigenvalue weighted by atomic mass is 9.93. The van der Waals surface area contributed by atoms with Gasteiger partial charge in [0.25, 0.3) is 0 Å². The fourth-order valence-corrected chi connectivity index (χ4v) is 2.14. The monoisotopic (exact) mass is 304 g/mol. The Bertz CT molecular complexity index is 552. The summed E-state index contributed by atoms with van der Waals surface area (Å²) in [6, 6.07) is 0.864. The fourth-order valence-electron chi connectivity index (χ4n) is 2.14. The first-order valence-corrected chi connectivity index (χ1v) is 6.18. The van der Waals surface area contributed by atoms with E-state index >= 15 is 0 Å². The van der Waals surface area contributed by atoms with Crippen LogP contribution in [-0.2, 0) is 11.3 Å². The molecule has 0 spiro atoms. The van der Waals surface area contributed by atoms with Crippen LogP contribution in [0, 0.1) is 0 Å². The topological polar surface area (TPSA) is 161 Å². The second-order valence-corrected chi connectivity index (χ2v) is 4.70. The summed E-state index contributed by atoms with van der Waals surface area (Å²) >= 11 is 0. The summed E-state index contributed by atoms with van der Waals surface area (Å²) < 4.78 is 10.2. The maximum atomic E-state index is 11.5. The lowest BCUT2D eigenvalue weighted by Crippen LogP contribution is -2.55. The minimum absolute atomic E-state index is 0.176. The number of aliphatic hydroxyl groups is 5. The van der Waals surface area contributed by atoms with E-state index in [1.54, 1.807) is 0 Å². The van der Waals surface area contributed by atoms with Gasteiger partial charge in [-0.25, -0.2) is 0 Å². The highest BCUT2D eigenvalue weighted by Gasteiger charge is 2.46. The molecule has 1 aromatic heterocycles. The first kappa shape index (κ1) is 15.9. The van der Waals surface area contributed by atoms with Crippen molar-refractivity contribution >= 4 is 0 Å². The van der Waals surface area contributed by atoms with Crippen molar-refractivity contribution in [3.05, 3.63) is 27.8 Å². The van der Waals surface area contributed by atoms with Crippen LogP contribution in [0.25, 0.3) is 0 Å². The number of aliphatic hydroxyl groups excluding tert-OH is 5. The third-order valence-corrected chi connectivity index (χ3v) is 3.31. The zero-order chi connectivity index (χ0) is 15.7. The van der Waals surface area contributed by atoms with Crippen LogP contribution in [0.1, 0.15) is 17.6 Å². The van der Waals surface area contributed by atoms with Crippen LogP contribution in [0.4, 0.5) is 0 Å². The molecule has 21 heavy (non-hydrogen) atoms. The molecule has 0 radical (unpaired) electrons. The largest absolute Gasteiger partial charge is 0.502 e. The quantitative estimate of drug-likeness (QED) is 0.350. The average Bonchev–Trinajstić information content (AvgIpc) is 2.48. The van der Waals surface area contributed by atoms with E-state index in [2.05, 4.69) is 0 Å². The molecule has 0 bridgehead atoms. The van der Waals surface area contributed by atoms with Crippen molar-refractivity contribution in [2.75, 3.05) is 6.61 Å². The summed E-state index contributed by atoms with van der Waals surface area (Å²) in [5, 5.41) is 57.0. The van der Waals surface area contributed by atoms with Crippen molar-refractivity contribution in [1.82, 2.24) is 0 Å². The van der Waals surface area contributed by atoms with Gasteiger partial charge in [-0.1, -0.05) is 0 Å². The Balaban J connectivity index is 2.45. The molecule has 118 valence electrons. The van der Waals surface area contributed by atoms with Gasteiger partial charge in [-0.2, -0.15) is 0 Å². The van der Waals surface area contributed by atoms with E-state index in [4.69, 9.17) is 19.4 Å². The van der Waals surface area contributed by atoms with Gasteiger partial charge in [-0.3, -0.25) is 4.79 Å². The molecule has 0 aliphatic carbocycles. The fraction of sp³-hybridized carbons (Fsp3) is 0.583. The molecule has 0 aromatic carbocycles. The van der Waals surface area contributed by atoms with E-state index in [1.165, 1.54) is 0 Å². The highest BCUT2D eigenvalue weighted by atomic mass is 16.6. The Morgan fingerprint density at radius 3 is 2.33 bits per heavy atom. The van der Waals surface area contributed by atoms with Crippen molar-refractivity contribution in [1.29, 1.82) is 0 Å². The Labute approximate surface area is 118 Å². The van der Waals surface area contributed by atoms with Crippen LogP contribution in [-0.4, -0.2) is 61.7 Å². The van der Waals surface area contributed by atoms with Crippen molar-refractivity contribution < 1.29 is 39.8 Å². The van der Waals surface area contributed by atoms with Crippen molar-refractivity contribution in [3.63, 3.8) is 0 Å². The molecule has 1 fully saturated rings. The number of ether oxygens (including phenoxy) is 1. The van der Waals surface area contributed by atoms with E-state index in [0.29, 0.717) is 0 Å². The van der Waals surface area contributed by atoms with Crippen LogP contribution in [0.2, 0.25) is 0 Å². The van der Waals surface area contributed by atoms with Gasteiger partial charge in [0, 0.05) is 6.07 Å². The average molecular weight is 304 g/mol. The van der Waals surface area contributed by atoms with Gasteiger partial charge < -0.3 is 39.8 Å². The standard InChI is InChI=1S/C12H16O9/c13-2-4-1-5(15)7(16)11(20-4)12-10(19)9(18)8(17)6(3-14)21-12/h1,6,8-10,12-14,16-19H,2-3H2/t6-,8-,9+,10-,12+/m1/s1. The first-order chi connectivity index (χ1) is 9.90. The van der Waals surface area contributed by atoms with Crippen LogP contribution >= 0.6 is 0 Å². The molecule has 0 unspecified atom stereocenters. The predicted molar refractivity (Wildman–Crippen MR) is 65.3 cm³/mol. The minimum Gasteiger partial charge on any atom is -0.502 e. The summed E-state index contributed by atoms with van der Waals surface area (Å²) in [6.07, 6.45) is -7.65. The third kappa shape index (κ3) is 2.79. The number of rotatable bonds is 3. The van der Waals surface area contributed by atoms with Gasteiger partial charge in [-0.05, 0) is 0 Å². The molecule has 2 heterocycles. The molecular weight excluding hydrogens is 288 g/mol. The van der Waals surface area contributed by atoms with Gasteiger partial charge in [0.1, 0.15) is 42.9 Å². The van der Waals surface area contributed by atoms with Crippen molar-refractivity contribution in [3.8, 4) is 5.75 Å². The van der Waals surface area contributed by atoms with E-state index < -0.39 is 60.7 Å². The predicted octanol–water partition coefficient (Wildman–Crippen LogP) is -2.65. The Morgan fingerprint density at radius 1 is 1.10 bits per heavy atom. The second-order valence-electron chi connectivity index (χ2n) is 4.70. The van der Waals surface area contributed by atoms with E-state index in [0.717, 1.165) is 6.07 Å². The molecule has 0 amide bonds. The highest BCUT2D eigenvalue weighted by Crippen LogP contribution is 2.35. The van der Waals surface area contributed by atoms with Crippen LogP contribution in [0.5, 0.6) is 5.75 Å². The summed E-state index contributed by atoms with van der Waals surface area (Å²) in [7, 11) is 0. The molecule has 2 rings (SSSR count). The van der Waals surface area contributed by atoms with Gasteiger partial charge in [0.15, 0.2) is 5.76 Å². The van der Waals surface area contributed by atoms with Crippen LogP contribution in [0.3, 0.4) is 0 Å². The van der Waals surface area contributed by atoms with Crippen molar-refractivity contribution in [2.24, 2.45) is 0 Å². The zero-order valence-electron chi connectivity index (χ0n) is 10.8. The molecule has 6 N–H and O–H groups in total. The van der Waals surface area contributed by atoms with Crippen molar-refractivity contribution in [2.45, 2.75) is 37.1 Å². The van der Waals surface area contributed by atoms with Gasteiger partial charge >= 0.3 is 0 Å². The number of hydrogen-bond donors (Lipinski definition) is 6. The molecule has 1 saturated heterocycles. The van der Waals surface area contributed by atoms with Crippen LogP contribution < -0.4 is 5.43 Å². The summed E-state index contributed by atoms with van der Waals surface area (Å²) in [6.45, 7) is -1.29.